The first-order chi connectivity index (χ1) is 14.8. The van der Waals surface area contributed by atoms with E-state index in [9.17, 15) is 0 Å². The van der Waals surface area contributed by atoms with Gasteiger partial charge < -0.3 is 4.57 Å². The monoisotopic (exact) mass is 408 g/mol. The third kappa shape index (κ3) is 3.62. The number of nitrogens with zero attached hydrogens (tertiary/aromatic N) is 2. The topological polar surface area (TPSA) is 17.3 Å². The number of aromatic nitrogens is 1. The summed E-state index contributed by atoms with van der Waals surface area (Å²) in [6.07, 6.45) is 0. The highest BCUT2D eigenvalue weighted by molar-refractivity contribution is 6.31. The summed E-state index contributed by atoms with van der Waals surface area (Å²) in [6, 6.07) is 35.5. The van der Waals surface area contributed by atoms with Gasteiger partial charge in [-0.3, -0.25) is 4.99 Å². The molecule has 0 atom stereocenters. The van der Waals surface area contributed by atoms with E-state index in [0.29, 0.717) is 6.54 Å². The maximum Gasteiger partial charge on any atom is 0.136 e. The molecule has 146 valence electrons. The highest BCUT2D eigenvalue weighted by atomic mass is 35.5. The molecule has 3 heteroatoms. The summed E-state index contributed by atoms with van der Waals surface area (Å²) >= 11 is 6.38. The minimum Gasteiger partial charge on any atom is -0.321 e. The Bertz CT molecular complexity index is 1390. The molecule has 0 aliphatic heterocycles. The maximum atomic E-state index is 6.38. The van der Waals surface area contributed by atoms with Crippen LogP contribution in [0.25, 0.3) is 21.7 Å². The van der Waals surface area contributed by atoms with Gasteiger partial charge >= 0.3 is 0 Å². The second-order valence-corrected chi connectivity index (χ2v) is 7.84. The van der Waals surface area contributed by atoms with Crippen molar-refractivity contribution in [1.82, 2.24) is 4.57 Å². The molecule has 5 rings (SSSR count). The maximum absolute atomic E-state index is 6.38. The van der Waals surface area contributed by atoms with Crippen molar-refractivity contribution < 1.29 is 0 Å². The largest absolute Gasteiger partial charge is 0.321 e. The molecule has 0 radical (unpaired) electrons. The predicted molar refractivity (Wildman–Crippen MR) is 126 cm³/mol. The molecule has 0 spiro atoms. The molecule has 0 N–H and O–H groups in total. The average molecular weight is 409 g/mol. The molecule has 5 aromatic rings. The number of hydrogen-bond acceptors (Lipinski definition) is 1. The Kier molecular flexibility index (Phi) is 5.08. The molecule has 0 aliphatic rings. The molecule has 4 aromatic carbocycles. The van der Waals surface area contributed by atoms with E-state index in [1.807, 2.05) is 18.2 Å². The lowest BCUT2D eigenvalue weighted by Crippen LogP contribution is -2.23. The molecule has 1 aromatic heterocycles. The fourth-order valence-corrected chi connectivity index (χ4v) is 4.15. The fourth-order valence-electron chi connectivity index (χ4n) is 3.98. The summed E-state index contributed by atoms with van der Waals surface area (Å²) in [5, 5.41) is 4.17. The van der Waals surface area contributed by atoms with Crippen molar-refractivity contribution in [1.29, 1.82) is 0 Å². The van der Waals surface area contributed by atoms with E-state index in [1.165, 1.54) is 16.5 Å². The summed E-state index contributed by atoms with van der Waals surface area (Å²) in [7, 11) is 0. The zero-order valence-corrected chi connectivity index (χ0v) is 17.3. The number of fused-ring (bicyclic) bond motifs is 3. The van der Waals surface area contributed by atoms with Crippen LogP contribution in [0.5, 0.6) is 0 Å². The molecule has 0 unspecified atom stereocenters. The Hall–Kier alpha value is -3.36. The van der Waals surface area contributed by atoms with E-state index >= 15 is 0 Å². The molecule has 1 heterocycles. The molecule has 0 saturated carbocycles. The Balaban J connectivity index is 1.82. The van der Waals surface area contributed by atoms with Crippen LogP contribution >= 0.6 is 11.6 Å². The van der Waals surface area contributed by atoms with Gasteiger partial charge in [0.15, 0.2) is 0 Å². The van der Waals surface area contributed by atoms with E-state index in [4.69, 9.17) is 16.6 Å². The molecule has 0 bridgehead atoms. The highest BCUT2D eigenvalue weighted by Gasteiger charge is 2.10. The van der Waals surface area contributed by atoms with Crippen LogP contribution in [-0.4, -0.2) is 4.57 Å². The lowest BCUT2D eigenvalue weighted by atomic mass is 10.1. The molecule has 30 heavy (non-hydrogen) atoms. The average Bonchev–Trinajstić information content (AvgIpc) is 2.80. The standard InChI is InChI=1S/C27H21ClN2/c28-22-15-16-24-25(17-22)23-13-7-8-14-26(23)30(19-21-11-5-2-6-12-21)27(24)29-18-20-9-3-1-4-10-20/h1-17H,18-19H2. The van der Waals surface area contributed by atoms with Crippen LogP contribution in [0.2, 0.25) is 5.02 Å². The number of rotatable bonds is 4. The number of halogens is 1. The van der Waals surface area contributed by atoms with Crippen LogP contribution in [0, 0.1) is 0 Å². The summed E-state index contributed by atoms with van der Waals surface area (Å²) < 4.78 is 2.32. The molecule has 2 nitrogen and oxygen atoms in total. The number of hydrogen-bond donors (Lipinski definition) is 0. The summed E-state index contributed by atoms with van der Waals surface area (Å²) in [6.45, 7) is 1.39. The van der Waals surface area contributed by atoms with Gasteiger partial charge in [0.25, 0.3) is 0 Å². The number of para-hydroxylation sites is 1. The van der Waals surface area contributed by atoms with Gasteiger partial charge in [0.2, 0.25) is 0 Å². The van der Waals surface area contributed by atoms with E-state index in [2.05, 4.69) is 89.5 Å². The van der Waals surface area contributed by atoms with Crippen LogP contribution in [-0.2, 0) is 13.1 Å². The zero-order valence-electron chi connectivity index (χ0n) is 16.5. The van der Waals surface area contributed by atoms with Gasteiger partial charge in [-0.05, 0) is 40.8 Å². The number of benzene rings is 4. The molecule has 0 aliphatic carbocycles. The molecule has 0 saturated heterocycles. The van der Waals surface area contributed by atoms with Crippen molar-refractivity contribution in [2.24, 2.45) is 4.99 Å². The minimum absolute atomic E-state index is 0.631. The van der Waals surface area contributed by atoms with Gasteiger partial charge in [-0.25, -0.2) is 0 Å². The second-order valence-electron chi connectivity index (χ2n) is 7.40. The molecular formula is C27H21ClN2. The lowest BCUT2D eigenvalue weighted by molar-refractivity contribution is 0.765. The SMILES string of the molecule is Clc1ccc2c(=NCc3ccccc3)n(Cc3ccccc3)c3ccccc3c2c1. The van der Waals surface area contributed by atoms with Crippen molar-refractivity contribution in [3.8, 4) is 0 Å². The van der Waals surface area contributed by atoms with Gasteiger partial charge in [-0.1, -0.05) is 90.5 Å². The van der Waals surface area contributed by atoms with E-state index in [1.54, 1.807) is 0 Å². The summed E-state index contributed by atoms with van der Waals surface area (Å²) in [5.74, 6) is 0. The van der Waals surface area contributed by atoms with E-state index < -0.39 is 0 Å². The quantitative estimate of drug-likeness (QED) is 0.298. The third-order valence-corrected chi connectivity index (χ3v) is 5.64. The summed E-state index contributed by atoms with van der Waals surface area (Å²) in [4.78, 5) is 5.10. The van der Waals surface area contributed by atoms with Crippen LogP contribution in [0.15, 0.2) is 108 Å². The highest BCUT2D eigenvalue weighted by Crippen LogP contribution is 2.26. The second kappa shape index (κ2) is 8.17. The normalized spacial score (nSPS) is 12.0. The van der Waals surface area contributed by atoms with Crippen LogP contribution in [0.4, 0.5) is 0 Å². The predicted octanol–water partition coefficient (Wildman–Crippen LogP) is 6.60. The van der Waals surface area contributed by atoms with Gasteiger partial charge in [-0.2, -0.15) is 0 Å². The molecular weight excluding hydrogens is 388 g/mol. The first-order valence-corrected chi connectivity index (χ1v) is 10.5. The third-order valence-electron chi connectivity index (χ3n) is 5.40. The van der Waals surface area contributed by atoms with Crippen molar-refractivity contribution >= 4 is 33.3 Å². The van der Waals surface area contributed by atoms with Crippen molar-refractivity contribution in [3.63, 3.8) is 0 Å². The minimum atomic E-state index is 0.631. The lowest BCUT2D eigenvalue weighted by Gasteiger charge is -2.16. The van der Waals surface area contributed by atoms with Crippen molar-refractivity contribution in [2.75, 3.05) is 0 Å². The van der Waals surface area contributed by atoms with Gasteiger partial charge in [0.05, 0.1) is 12.1 Å². The number of pyridine rings is 1. The van der Waals surface area contributed by atoms with Gasteiger partial charge in [0.1, 0.15) is 5.49 Å². The Morgan fingerprint density at radius 1 is 0.633 bits per heavy atom. The van der Waals surface area contributed by atoms with Crippen LogP contribution in [0.1, 0.15) is 11.1 Å². The van der Waals surface area contributed by atoms with Crippen LogP contribution in [0.3, 0.4) is 0 Å². The van der Waals surface area contributed by atoms with Crippen molar-refractivity contribution in [3.05, 3.63) is 125 Å². The van der Waals surface area contributed by atoms with Gasteiger partial charge in [-0.15, -0.1) is 0 Å². The Morgan fingerprint density at radius 2 is 1.30 bits per heavy atom. The first kappa shape index (κ1) is 18.7. The first-order valence-electron chi connectivity index (χ1n) is 10.1. The molecule has 0 amide bonds. The summed E-state index contributed by atoms with van der Waals surface area (Å²) in [5.41, 5.74) is 4.58. The van der Waals surface area contributed by atoms with Crippen molar-refractivity contribution in [2.45, 2.75) is 13.1 Å². The van der Waals surface area contributed by atoms with Crippen LogP contribution < -0.4 is 5.49 Å². The zero-order chi connectivity index (χ0) is 20.3. The van der Waals surface area contributed by atoms with Gasteiger partial charge in [0, 0.05) is 22.3 Å². The van der Waals surface area contributed by atoms with E-state index in [-0.39, 0.29) is 0 Å². The fraction of sp³-hybridized carbons (Fsp3) is 0.0741. The smallest absolute Gasteiger partial charge is 0.136 e. The molecule has 0 fully saturated rings. The van der Waals surface area contributed by atoms with E-state index in [0.717, 1.165) is 33.3 Å². The Morgan fingerprint density at radius 3 is 2.07 bits per heavy atom. The Labute approximate surface area is 180 Å².